The van der Waals surface area contributed by atoms with Gasteiger partial charge in [0.25, 0.3) is 0 Å². The van der Waals surface area contributed by atoms with Gasteiger partial charge in [0.15, 0.2) is 0 Å². The molecule has 1 aliphatic carbocycles. The van der Waals surface area contributed by atoms with Gasteiger partial charge in [-0.3, -0.25) is 0 Å². The molecule has 2 N–H and O–H groups in total. The van der Waals surface area contributed by atoms with Gasteiger partial charge >= 0.3 is 0 Å². The van der Waals surface area contributed by atoms with Crippen LogP contribution >= 0.6 is 0 Å². The van der Waals surface area contributed by atoms with Crippen LogP contribution in [0.1, 0.15) is 5.56 Å². The van der Waals surface area contributed by atoms with E-state index in [2.05, 4.69) is 0 Å². The molecule has 0 saturated heterocycles. The smallest absolute Gasteiger partial charge is 0.119 e. The summed E-state index contributed by atoms with van der Waals surface area (Å²) in [7, 11) is 0. The summed E-state index contributed by atoms with van der Waals surface area (Å²) < 4.78 is 0. The second-order valence-corrected chi connectivity index (χ2v) is 3.56. The van der Waals surface area contributed by atoms with Crippen LogP contribution in [0, 0.1) is 31.6 Å². The van der Waals surface area contributed by atoms with Gasteiger partial charge in [-0.1, -0.05) is 30.3 Å². The van der Waals surface area contributed by atoms with Gasteiger partial charge in [-0.15, -0.1) is 0 Å². The highest BCUT2D eigenvalue weighted by molar-refractivity contribution is 5.45. The van der Waals surface area contributed by atoms with Crippen LogP contribution in [0.5, 0.6) is 0 Å². The Hall–Kier alpha value is -0.860. The van der Waals surface area contributed by atoms with Crippen molar-refractivity contribution in [3.05, 3.63) is 67.5 Å². The zero-order valence-corrected chi connectivity index (χ0v) is 8.30. The maximum atomic E-state index is 10.4. The molecule has 1 aromatic rings. The van der Waals surface area contributed by atoms with Crippen LogP contribution in [-0.4, -0.2) is 16.8 Å². The zero-order valence-electron chi connectivity index (χ0n) is 8.30. The maximum absolute atomic E-state index is 10.4. The minimum Gasteiger partial charge on any atom is -0.393 e. The van der Waals surface area contributed by atoms with Crippen LogP contribution in [0.15, 0.2) is 30.3 Å². The summed E-state index contributed by atoms with van der Waals surface area (Å²) in [5.74, 6) is 0.719. The standard InChI is InChI=1S/C13H13O2/c14-10-13(15,12-8-4-5-9-12)11-6-2-1-3-7-11/h1-9,14-15H,10H2/t13-/m0/s1. The van der Waals surface area contributed by atoms with Crippen molar-refractivity contribution in [2.45, 2.75) is 5.60 Å². The van der Waals surface area contributed by atoms with Gasteiger partial charge in [-0.25, -0.2) is 0 Å². The molecule has 0 unspecified atom stereocenters. The molecular weight excluding hydrogens is 188 g/mol. The molecule has 2 rings (SSSR count). The van der Waals surface area contributed by atoms with Crippen molar-refractivity contribution in [2.75, 3.05) is 6.61 Å². The van der Waals surface area contributed by atoms with Crippen LogP contribution < -0.4 is 0 Å². The molecule has 0 aromatic heterocycles. The third-order valence-electron chi connectivity index (χ3n) is 2.62. The van der Waals surface area contributed by atoms with Crippen LogP contribution in [-0.2, 0) is 5.60 Å². The van der Waals surface area contributed by atoms with Gasteiger partial charge in [0.1, 0.15) is 5.60 Å². The van der Waals surface area contributed by atoms with E-state index in [0.717, 1.165) is 5.92 Å². The van der Waals surface area contributed by atoms with Gasteiger partial charge in [-0.05, 0) is 31.2 Å². The highest BCUT2D eigenvalue weighted by Crippen LogP contribution is 2.39. The van der Waals surface area contributed by atoms with E-state index in [4.69, 9.17) is 0 Å². The van der Waals surface area contributed by atoms with Crippen molar-refractivity contribution in [2.24, 2.45) is 0 Å². The summed E-state index contributed by atoms with van der Waals surface area (Å²) in [6, 6.07) is 9.19. The summed E-state index contributed by atoms with van der Waals surface area (Å²) in [5, 5.41) is 19.8. The number of hydrogen-bond acceptors (Lipinski definition) is 2. The average Bonchev–Trinajstić information content (AvgIpc) is 2.83. The van der Waals surface area contributed by atoms with E-state index < -0.39 is 5.60 Å². The number of benzene rings is 1. The van der Waals surface area contributed by atoms with E-state index in [0.29, 0.717) is 5.56 Å². The molecule has 2 heteroatoms. The SMILES string of the molecule is OC[C@@](O)([C]1[CH][CH][CH][CH]1)c1ccccc1. The second-order valence-electron chi connectivity index (χ2n) is 3.56. The molecule has 2 nitrogen and oxygen atoms in total. The molecule has 0 spiro atoms. The summed E-state index contributed by atoms with van der Waals surface area (Å²) in [6.45, 7) is -0.318. The molecule has 1 aliphatic rings. The molecule has 5 radical (unpaired) electrons. The highest BCUT2D eigenvalue weighted by Gasteiger charge is 2.40. The lowest BCUT2D eigenvalue weighted by molar-refractivity contribution is 0.000767. The normalized spacial score (nSPS) is 21.5. The van der Waals surface area contributed by atoms with Crippen LogP contribution in [0.3, 0.4) is 0 Å². The Kier molecular flexibility index (Phi) is 3.08. The predicted molar refractivity (Wildman–Crippen MR) is 57.9 cm³/mol. The van der Waals surface area contributed by atoms with E-state index in [9.17, 15) is 10.2 Å². The first kappa shape index (κ1) is 10.7. The van der Waals surface area contributed by atoms with Gasteiger partial charge in [0.2, 0.25) is 0 Å². The highest BCUT2D eigenvalue weighted by atomic mass is 16.3. The molecule has 15 heavy (non-hydrogen) atoms. The average molecular weight is 201 g/mol. The Balaban J connectivity index is 2.28. The Labute approximate surface area is 90.6 Å². The van der Waals surface area contributed by atoms with Crippen LogP contribution in [0.4, 0.5) is 0 Å². The largest absolute Gasteiger partial charge is 0.393 e. The minimum atomic E-state index is -1.29. The minimum absolute atomic E-state index is 0.318. The third kappa shape index (κ3) is 1.92. The molecule has 0 bridgehead atoms. The van der Waals surface area contributed by atoms with E-state index in [-0.39, 0.29) is 6.61 Å². The number of aliphatic hydroxyl groups is 2. The third-order valence-corrected chi connectivity index (χ3v) is 2.62. The summed E-state index contributed by atoms with van der Waals surface area (Å²) >= 11 is 0. The second kappa shape index (κ2) is 4.33. The van der Waals surface area contributed by atoms with E-state index in [1.165, 1.54) is 0 Å². The Morgan fingerprint density at radius 1 is 1.00 bits per heavy atom. The monoisotopic (exact) mass is 201 g/mol. The lowest BCUT2D eigenvalue weighted by Crippen LogP contribution is -2.36. The van der Waals surface area contributed by atoms with Gasteiger partial charge < -0.3 is 10.2 Å². The number of rotatable bonds is 3. The maximum Gasteiger partial charge on any atom is 0.119 e. The Morgan fingerprint density at radius 2 is 1.60 bits per heavy atom. The first-order chi connectivity index (χ1) is 7.27. The van der Waals surface area contributed by atoms with Crippen molar-refractivity contribution < 1.29 is 10.2 Å². The Bertz CT molecular complexity index is 304. The zero-order chi connectivity index (χ0) is 10.7. The van der Waals surface area contributed by atoms with Crippen molar-refractivity contribution >= 4 is 0 Å². The quantitative estimate of drug-likeness (QED) is 0.773. The molecule has 0 aliphatic heterocycles. The van der Waals surface area contributed by atoms with Crippen molar-refractivity contribution in [3.63, 3.8) is 0 Å². The first-order valence-electron chi connectivity index (χ1n) is 4.88. The molecule has 0 amide bonds. The van der Waals surface area contributed by atoms with Crippen molar-refractivity contribution in [1.82, 2.24) is 0 Å². The lowest BCUT2D eigenvalue weighted by atomic mass is 9.81. The molecule has 1 atom stereocenters. The van der Waals surface area contributed by atoms with E-state index in [1.54, 1.807) is 0 Å². The van der Waals surface area contributed by atoms with Gasteiger partial charge in [-0.2, -0.15) is 0 Å². The summed E-state index contributed by atoms with van der Waals surface area (Å²) in [6.07, 6.45) is 7.31. The number of hydrogen-bond donors (Lipinski definition) is 2. The summed E-state index contributed by atoms with van der Waals surface area (Å²) in [4.78, 5) is 0. The van der Waals surface area contributed by atoms with Crippen LogP contribution in [0.25, 0.3) is 0 Å². The number of aliphatic hydroxyl groups excluding tert-OH is 1. The predicted octanol–water partition coefficient (Wildman–Crippen LogP) is 1.27. The fourth-order valence-corrected chi connectivity index (χ4v) is 1.71. The molecule has 1 saturated carbocycles. The first-order valence-corrected chi connectivity index (χ1v) is 4.88. The van der Waals surface area contributed by atoms with E-state index in [1.807, 2.05) is 56.0 Å². The molecule has 1 aromatic carbocycles. The van der Waals surface area contributed by atoms with Crippen molar-refractivity contribution in [1.29, 1.82) is 0 Å². The van der Waals surface area contributed by atoms with Gasteiger partial charge in [0.05, 0.1) is 6.61 Å². The molecule has 0 heterocycles. The van der Waals surface area contributed by atoms with Crippen LogP contribution in [0.2, 0.25) is 0 Å². The molecule has 77 valence electrons. The fourth-order valence-electron chi connectivity index (χ4n) is 1.71. The topological polar surface area (TPSA) is 40.5 Å². The van der Waals surface area contributed by atoms with Crippen molar-refractivity contribution in [3.8, 4) is 0 Å². The van der Waals surface area contributed by atoms with E-state index >= 15 is 0 Å². The Morgan fingerprint density at radius 3 is 2.13 bits per heavy atom. The lowest BCUT2D eigenvalue weighted by Gasteiger charge is -2.31. The fraction of sp³-hybridized carbons (Fsp3) is 0.154. The summed E-state index contributed by atoms with van der Waals surface area (Å²) in [5.41, 5.74) is -0.580. The van der Waals surface area contributed by atoms with Gasteiger partial charge in [0, 0.05) is 5.92 Å². The molecular formula is C13H13O2. The molecule has 1 fully saturated rings.